The summed E-state index contributed by atoms with van der Waals surface area (Å²) < 4.78 is 0.308. The molecule has 1 N–H and O–H groups in total. The number of carbonyl (C=O) groups is 1. The lowest BCUT2D eigenvalue weighted by Gasteiger charge is -2.21. The first-order chi connectivity index (χ1) is 8.25. The van der Waals surface area contributed by atoms with Crippen molar-refractivity contribution in [3.63, 3.8) is 0 Å². The Hall–Kier alpha value is -0.680. The van der Waals surface area contributed by atoms with Crippen LogP contribution in [0, 0.1) is 5.92 Å². The fraction of sp³-hybridized carbons (Fsp3) is 0.727. The fourth-order valence-corrected chi connectivity index (χ4v) is 2.98. The summed E-state index contributed by atoms with van der Waals surface area (Å²) >= 11 is 6.74. The number of amides is 1. The molecule has 17 heavy (non-hydrogen) atoms. The minimum atomic E-state index is -0.162. The molecule has 0 atom stereocenters. The van der Waals surface area contributed by atoms with Gasteiger partial charge in [0.15, 0.2) is 0 Å². The Morgan fingerprint density at radius 3 is 2.76 bits per heavy atom. The summed E-state index contributed by atoms with van der Waals surface area (Å²) in [6.45, 7) is 0.723. The summed E-state index contributed by atoms with van der Waals surface area (Å²) in [7, 11) is 0. The van der Waals surface area contributed by atoms with E-state index in [1.807, 2.05) is 0 Å². The largest absolute Gasteiger partial charge is 0.350 e. The lowest BCUT2D eigenvalue weighted by molar-refractivity contribution is 0.0949. The van der Waals surface area contributed by atoms with Crippen LogP contribution in [-0.4, -0.2) is 22.6 Å². The van der Waals surface area contributed by atoms with Crippen molar-refractivity contribution in [1.29, 1.82) is 0 Å². The van der Waals surface area contributed by atoms with E-state index < -0.39 is 0 Å². The lowest BCUT2D eigenvalue weighted by atomic mass is 9.87. The average molecular weight is 274 g/mol. The van der Waals surface area contributed by atoms with Crippen molar-refractivity contribution >= 4 is 28.8 Å². The Kier molecular flexibility index (Phi) is 4.74. The summed E-state index contributed by atoms with van der Waals surface area (Å²) in [6.07, 6.45) is 7.72. The number of carbonyl (C=O) groups excluding carboxylic acids is 1. The second-order valence-corrected chi connectivity index (χ2v) is 5.97. The summed E-state index contributed by atoms with van der Waals surface area (Å²) in [5, 5.41) is 10.5. The monoisotopic (exact) mass is 273 g/mol. The molecule has 1 aromatic rings. The smallest absolute Gasteiger partial charge is 0.282 e. The van der Waals surface area contributed by atoms with E-state index in [-0.39, 0.29) is 5.91 Å². The molecule has 6 heteroatoms. The molecule has 1 aliphatic rings. The Morgan fingerprint density at radius 2 is 2.12 bits per heavy atom. The van der Waals surface area contributed by atoms with E-state index in [0.29, 0.717) is 9.47 Å². The standard InChI is InChI=1S/C11H16ClN3OS/c12-11-15-14-10(17-11)9(16)13-7-6-8-4-2-1-3-5-8/h8H,1-7H2,(H,13,16). The van der Waals surface area contributed by atoms with E-state index in [1.165, 1.54) is 32.1 Å². The predicted octanol–water partition coefficient (Wildman–Crippen LogP) is 2.89. The topological polar surface area (TPSA) is 54.9 Å². The quantitative estimate of drug-likeness (QED) is 0.918. The van der Waals surface area contributed by atoms with Crippen molar-refractivity contribution < 1.29 is 4.79 Å². The van der Waals surface area contributed by atoms with Crippen LogP contribution >= 0.6 is 22.9 Å². The molecule has 0 unspecified atom stereocenters. The third-order valence-corrected chi connectivity index (χ3v) is 4.18. The van der Waals surface area contributed by atoms with Gasteiger partial charge in [0.1, 0.15) is 0 Å². The number of aromatic nitrogens is 2. The summed E-state index contributed by atoms with van der Waals surface area (Å²) in [5.74, 6) is 0.618. The van der Waals surface area contributed by atoms with Crippen molar-refractivity contribution in [2.24, 2.45) is 5.92 Å². The second-order valence-electron chi connectivity index (χ2n) is 4.41. The van der Waals surface area contributed by atoms with Crippen molar-refractivity contribution in [1.82, 2.24) is 15.5 Å². The zero-order valence-corrected chi connectivity index (χ0v) is 11.2. The molecule has 0 bridgehead atoms. The van der Waals surface area contributed by atoms with Crippen molar-refractivity contribution in [2.75, 3.05) is 6.54 Å². The molecule has 1 aromatic heterocycles. The van der Waals surface area contributed by atoms with Crippen molar-refractivity contribution in [2.45, 2.75) is 38.5 Å². The van der Waals surface area contributed by atoms with Gasteiger partial charge >= 0.3 is 0 Å². The Labute approximate surface area is 110 Å². The third kappa shape index (κ3) is 3.92. The first kappa shape index (κ1) is 12.8. The van der Waals surface area contributed by atoms with Crippen LogP contribution in [0.1, 0.15) is 48.3 Å². The van der Waals surface area contributed by atoms with Crippen LogP contribution < -0.4 is 5.32 Å². The Balaban J connectivity index is 1.69. The summed E-state index contributed by atoms with van der Waals surface area (Å²) in [6, 6.07) is 0. The lowest BCUT2D eigenvalue weighted by Crippen LogP contribution is -2.26. The van der Waals surface area contributed by atoms with Gasteiger partial charge in [-0.1, -0.05) is 43.4 Å². The van der Waals surface area contributed by atoms with E-state index in [1.54, 1.807) is 0 Å². The number of hydrogen-bond acceptors (Lipinski definition) is 4. The predicted molar refractivity (Wildman–Crippen MR) is 68.4 cm³/mol. The fourth-order valence-electron chi connectivity index (χ4n) is 2.24. The average Bonchev–Trinajstić information content (AvgIpc) is 2.77. The highest BCUT2D eigenvalue weighted by Crippen LogP contribution is 2.25. The van der Waals surface area contributed by atoms with E-state index in [4.69, 9.17) is 11.6 Å². The highest BCUT2D eigenvalue weighted by atomic mass is 35.5. The minimum Gasteiger partial charge on any atom is -0.350 e. The molecule has 0 saturated heterocycles. The molecule has 0 spiro atoms. The molecule has 0 aliphatic heterocycles. The first-order valence-electron chi connectivity index (χ1n) is 6.03. The Morgan fingerprint density at radius 1 is 1.35 bits per heavy atom. The van der Waals surface area contributed by atoms with Crippen molar-refractivity contribution in [3.8, 4) is 0 Å². The number of hydrogen-bond donors (Lipinski definition) is 1. The first-order valence-corrected chi connectivity index (χ1v) is 7.22. The van der Waals surface area contributed by atoms with E-state index in [0.717, 1.165) is 30.2 Å². The zero-order valence-electron chi connectivity index (χ0n) is 9.62. The van der Waals surface area contributed by atoms with Crippen molar-refractivity contribution in [3.05, 3.63) is 9.47 Å². The van der Waals surface area contributed by atoms with Gasteiger partial charge < -0.3 is 5.32 Å². The second kappa shape index (κ2) is 6.31. The van der Waals surface area contributed by atoms with Gasteiger partial charge in [0.2, 0.25) is 9.47 Å². The molecule has 1 heterocycles. The van der Waals surface area contributed by atoms with Crippen LogP contribution in [0.3, 0.4) is 0 Å². The Bertz CT molecular complexity index is 377. The van der Waals surface area contributed by atoms with Gasteiger partial charge in [-0.25, -0.2) is 0 Å². The number of halogens is 1. The highest BCUT2D eigenvalue weighted by molar-refractivity contribution is 7.17. The van der Waals surface area contributed by atoms with Crippen LogP contribution in [0.4, 0.5) is 0 Å². The molecule has 0 aromatic carbocycles. The van der Waals surface area contributed by atoms with Crippen LogP contribution in [0.5, 0.6) is 0 Å². The van der Waals surface area contributed by atoms with Crippen LogP contribution in [0.2, 0.25) is 4.47 Å². The number of rotatable bonds is 4. The summed E-state index contributed by atoms with van der Waals surface area (Å²) in [4.78, 5) is 11.6. The number of nitrogens with zero attached hydrogens (tertiary/aromatic N) is 2. The molecular formula is C11H16ClN3OS. The molecular weight excluding hydrogens is 258 g/mol. The normalized spacial score (nSPS) is 17.0. The molecule has 1 fully saturated rings. The maximum Gasteiger partial charge on any atom is 0.282 e. The van der Waals surface area contributed by atoms with Gasteiger partial charge in [-0.2, -0.15) is 0 Å². The van der Waals surface area contributed by atoms with E-state index in [2.05, 4.69) is 15.5 Å². The molecule has 1 amide bonds. The maximum absolute atomic E-state index is 11.6. The van der Waals surface area contributed by atoms with E-state index >= 15 is 0 Å². The van der Waals surface area contributed by atoms with Crippen LogP contribution in [0.15, 0.2) is 0 Å². The third-order valence-electron chi connectivity index (χ3n) is 3.16. The van der Waals surface area contributed by atoms with Gasteiger partial charge in [0, 0.05) is 6.54 Å². The van der Waals surface area contributed by atoms with Gasteiger partial charge in [-0.3, -0.25) is 4.79 Å². The van der Waals surface area contributed by atoms with Gasteiger partial charge in [-0.15, -0.1) is 10.2 Å². The summed E-state index contributed by atoms with van der Waals surface area (Å²) in [5.41, 5.74) is 0. The van der Waals surface area contributed by atoms with Crippen LogP contribution in [0.25, 0.3) is 0 Å². The zero-order chi connectivity index (χ0) is 12.1. The molecule has 94 valence electrons. The minimum absolute atomic E-state index is 0.162. The molecule has 0 radical (unpaired) electrons. The number of nitrogens with one attached hydrogen (secondary N) is 1. The maximum atomic E-state index is 11.6. The highest BCUT2D eigenvalue weighted by Gasteiger charge is 2.15. The molecule has 1 saturated carbocycles. The van der Waals surface area contributed by atoms with E-state index in [9.17, 15) is 4.79 Å². The van der Waals surface area contributed by atoms with Gasteiger partial charge in [-0.05, 0) is 23.9 Å². The molecule has 4 nitrogen and oxygen atoms in total. The van der Waals surface area contributed by atoms with Crippen LogP contribution in [-0.2, 0) is 0 Å². The van der Waals surface area contributed by atoms with Gasteiger partial charge in [0.25, 0.3) is 5.91 Å². The molecule has 1 aliphatic carbocycles. The molecule has 2 rings (SSSR count). The van der Waals surface area contributed by atoms with Gasteiger partial charge in [0.05, 0.1) is 0 Å². The SMILES string of the molecule is O=C(NCCC1CCCCC1)c1nnc(Cl)s1.